The van der Waals surface area contributed by atoms with Crippen LogP contribution in [-0.4, -0.2) is 70.2 Å². The van der Waals surface area contributed by atoms with Gasteiger partial charge in [0.2, 0.25) is 11.8 Å². The predicted octanol–water partition coefficient (Wildman–Crippen LogP) is -0.566. The number of carbonyl (C=O) groups is 2. The smallest absolute Gasteiger partial charge is 0.254 e. The van der Waals surface area contributed by atoms with Crippen LogP contribution in [0.1, 0.15) is 36.3 Å². The number of fused-ring (bicyclic) bond motifs is 1. The fourth-order valence-electron chi connectivity index (χ4n) is 4.19. The van der Waals surface area contributed by atoms with Gasteiger partial charge in [0.25, 0.3) is 5.56 Å². The predicted molar refractivity (Wildman–Crippen MR) is 101 cm³/mol. The number of aliphatic hydroxyl groups is 1. The summed E-state index contributed by atoms with van der Waals surface area (Å²) in [6.45, 7) is 4.46. The van der Waals surface area contributed by atoms with E-state index in [-0.39, 0.29) is 55.0 Å². The summed E-state index contributed by atoms with van der Waals surface area (Å²) >= 11 is 0. The highest BCUT2D eigenvalue weighted by Gasteiger charge is 2.41. The van der Waals surface area contributed by atoms with Crippen molar-refractivity contribution in [1.29, 1.82) is 0 Å². The van der Waals surface area contributed by atoms with Gasteiger partial charge in [0.15, 0.2) is 0 Å². The van der Waals surface area contributed by atoms with Crippen molar-refractivity contribution in [1.82, 2.24) is 20.2 Å². The van der Waals surface area contributed by atoms with Crippen molar-refractivity contribution in [3.8, 4) is 0 Å². The Morgan fingerprint density at radius 3 is 2.86 bits per heavy atom. The summed E-state index contributed by atoms with van der Waals surface area (Å²) in [5, 5.41) is 11.6. The first kappa shape index (κ1) is 20.5. The highest BCUT2D eigenvalue weighted by molar-refractivity contribution is 5.81. The monoisotopic (exact) mass is 392 g/mol. The molecular formula is C19H28N4O5. The first-order valence-electron chi connectivity index (χ1n) is 9.76. The van der Waals surface area contributed by atoms with Crippen molar-refractivity contribution in [3.63, 3.8) is 0 Å². The zero-order chi connectivity index (χ0) is 20.3. The molecule has 0 spiro atoms. The molecular weight excluding hydrogens is 364 g/mol. The maximum atomic E-state index is 13.0. The number of nitrogens with zero attached hydrogens (tertiary/aromatic N) is 2. The average molecular weight is 392 g/mol. The van der Waals surface area contributed by atoms with E-state index < -0.39 is 0 Å². The molecule has 1 saturated carbocycles. The summed E-state index contributed by atoms with van der Waals surface area (Å²) in [4.78, 5) is 46.2. The molecule has 3 atom stereocenters. The molecule has 2 fully saturated rings. The topological polar surface area (TPSA) is 125 Å². The lowest BCUT2D eigenvalue weighted by Gasteiger charge is -2.45. The Morgan fingerprint density at radius 2 is 2.14 bits per heavy atom. The Hall–Kier alpha value is -2.26. The van der Waals surface area contributed by atoms with E-state index in [2.05, 4.69) is 15.3 Å². The summed E-state index contributed by atoms with van der Waals surface area (Å²) in [5.41, 5.74) is 0.657. The van der Waals surface area contributed by atoms with Crippen LogP contribution in [0.3, 0.4) is 0 Å². The number of aryl methyl sites for hydroxylation is 2. The summed E-state index contributed by atoms with van der Waals surface area (Å²) in [6, 6.07) is -0.183. The number of hydrogen-bond donors (Lipinski definition) is 3. The Bertz CT molecular complexity index is 793. The number of amides is 2. The standard InChI is InChI=1S/C19H28N4O5/c1-11-14(19(27)22-12(2)21-11)10-17(25)23-6-8-28-16-4-3-13(9-15(16)23)18(26)20-5-7-24/h13,15-16,24H,3-10H2,1-2H3,(H,20,26)(H,21,22,27)/t13-,15+,16+/m0/s1. The van der Waals surface area contributed by atoms with E-state index in [4.69, 9.17) is 9.84 Å². The molecule has 0 bridgehead atoms. The molecule has 0 unspecified atom stereocenters. The van der Waals surface area contributed by atoms with Crippen molar-refractivity contribution < 1.29 is 19.4 Å². The van der Waals surface area contributed by atoms with E-state index in [1.54, 1.807) is 18.7 Å². The van der Waals surface area contributed by atoms with Gasteiger partial charge in [0, 0.05) is 30.3 Å². The van der Waals surface area contributed by atoms with Gasteiger partial charge < -0.3 is 25.0 Å². The largest absolute Gasteiger partial charge is 0.395 e. The highest BCUT2D eigenvalue weighted by Crippen LogP contribution is 2.32. The van der Waals surface area contributed by atoms with Crippen molar-refractivity contribution >= 4 is 11.8 Å². The molecule has 0 radical (unpaired) electrons. The molecule has 3 rings (SSSR count). The van der Waals surface area contributed by atoms with Gasteiger partial charge in [-0.1, -0.05) is 0 Å². The number of H-pyrrole nitrogens is 1. The first-order valence-corrected chi connectivity index (χ1v) is 9.76. The lowest BCUT2D eigenvalue weighted by molar-refractivity contribution is -0.153. The minimum atomic E-state index is -0.284. The number of aromatic nitrogens is 2. The van der Waals surface area contributed by atoms with Crippen molar-refractivity contribution in [2.24, 2.45) is 5.92 Å². The molecule has 1 aliphatic heterocycles. The number of morpholine rings is 1. The van der Waals surface area contributed by atoms with E-state index >= 15 is 0 Å². The normalized spacial score (nSPS) is 24.5. The molecule has 2 amide bonds. The molecule has 0 aromatic carbocycles. The van der Waals surface area contributed by atoms with E-state index in [1.165, 1.54) is 0 Å². The summed E-state index contributed by atoms with van der Waals surface area (Å²) < 4.78 is 5.84. The number of ether oxygens (including phenoxy) is 1. The number of aromatic amines is 1. The maximum Gasteiger partial charge on any atom is 0.254 e. The van der Waals surface area contributed by atoms with Crippen LogP contribution in [0.4, 0.5) is 0 Å². The fraction of sp³-hybridized carbons (Fsp3) is 0.684. The second-order valence-electron chi connectivity index (χ2n) is 7.48. The molecule has 154 valence electrons. The molecule has 3 N–H and O–H groups in total. The summed E-state index contributed by atoms with van der Waals surface area (Å²) in [5.74, 6) is 0.0691. The first-order chi connectivity index (χ1) is 13.4. The van der Waals surface area contributed by atoms with Crippen LogP contribution in [-0.2, 0) is 20.7 Å². The summed E-state index contributed by atoms with van der Waals surface area (Å²) in [6.07, 6.45) is 1.82. The number of hydrogen-bond acceptors (Lipinski definition) is 6. The highest BCUT2D eigenvalue weighted by atomic mass is 16.5. The van der Waals surface area contributed by atoms with Gasteiger partial charge in [-0.3, -0.25) is 14.4 Å². The van der Waals surface area contributed by atoms with Crippen molar-refractivity contribution in [2.45, 2.75) is 51.7 Å². The zero-order valence-electron chi connectivity index (χ0n) is 16.4. The van der Waals surface area contributed by atoms with E-state index in [0.29, 0.717) is 49.5 Å². The second-order valence-corrected chi connectivity index (χ2v) is 7.48. The van der Waals surface area contributed by atoms with Crippen LogP contribution in [0.15, 0.2) is 4.79 Å². The van der Waals surface area contributed by atoms with Gasteiger partial charge in [0.05, 0.1) is 31.8 Å². The summed E-state index contributed by atoms with van der Waals surface area (Å²) in [7, 11) is 0. The number of rotatable bonds is 5. The number of aliphatic hydroxyl groups excluding tert-OH is 1. The molecule has 1 aliphatic carbocycles. The van der Waals surface area contributed by atoms with Gasteiger partial charge in [-0.15, -0.1) is 0 Å². The molecule has 2 heterocycles. The van der Waals surface area contributed by atoms with Crippen molar-refractivity contribution in [2.75, 3.05) is 26.3 Å². The van der Waals surface area contributed by atoms with Crippen LogP contribution < -0.4 is 10.9 Å². The van der Waals surface area contributed by atoms with E-state index in [0.717, 1.165) is 0 Å². The van der Waals surface area contributed by atoms with E-state index in [1.807, 2.05) is 0 Å². The third kappa shape index (κ3) is 4.41. The molecule has 28 heavy (non-hydrogen) atoms. The van der Waals surface area contributed by atoms with Crippen LogP contribution >= 0.6 is 0 Å². The van der Waals surface area contributed by atoms with Gasteiger partial charge in [-0.2, -0.15) is 0 Å². The number of carbonyl (C=O) groups excluding carboxylic acids is 2. The minimum Gasteiger partial charge on any atom is -0.395 e. The second kappa shape index (κ2) is 8.83. The number of nitrogens with one attached hydrogen (secondary N) is 2. The minimum absolute atomic E-state index is 0.0148. The molecule has 9 nitrogen and oxygen atoms in total. The molecule has 1 saturated heterocycles. The Balaban J connectivity index is 1.73. The van der Waals surface area contributed by atoms with Gasteiger partial charge in [-0.25, -0.2) is 4.98 Å². The zero-order valence-corrected chi connectivity index (χ0v) is 16.4. The quantitative estimate of drug-likeness (QED) is 0.617. The van der Waals surface area contributed by atoms with Crippen LogP contribution in [0.5, 0.6) is 0 Å². The molecule has 1 aromatic rings. The lowest BCUT2D eigenvalue weighted by atomic mass is 9.81. The van der Waals surface area contributed by atoms with Gasteiger partial charge in [-0.05, 0) is 33.1 Å². The van der Waals surface area contributed by atoms with Crippen LogP contribution in [0.25, 0.3) is 0 Å². The maximum absolute atomic E-state index is 13.0. The molecule has 2 aliphatic rings. The van der Waals surface area contributed by atoms with Crippen molar-refractivity contribution in [3.05, 3.63) is 27.4 Å². The third-order valence-electron chi connectivity index (χ3n) is 5.59. The van der Waals surface area contributed by atoms with Gasteiger partial charge in [0.1, 0.15) is 5.82 Å². The van der Waals surface area contributed by atoms with E-state index in [9.17, 15) is 14.4 Å². The Morgan fingerprint density at radius 1 is 1.36 bits per heavy atom. The molecule has 9 heteroatoms. The van der Waals surface area contributed by atoms with Crippen LogP contribution in [0, 0.1) is 19.8 Å². The van der Waals surface area contributed by atoms with Crippen LogP contribution in [0.2, 0.25) is 0 Å². The Labute approximate surface area is 163 Å². The van der Waals surface area contributed by atoms with Gasteiger partial charge >= 0.3 is 0 Å². The fourth-order valence-corrected chi connectivity index (χ4v) is 4.19. The lowest BCUT2D eigenvalue weighted by Crippen LogP contribution is -2.57. The molecule has 1 aromatic heterocycles. The third-order valence-corrected chi connectivity index (χ3v) is 5.59. The SMILES string of the molecule is Cc1nc(C)c(CC(=O)N2CCO[C@@H]3CC[C@H](C(=O)NCCO)C[C@H]32)c(=O)[nH]1. The average Bonchev–Trinajstić information content (AvgIpc) is 2.67. The Kier molecular flexibility index (Phi) is 6.46.